The second kappa shape index (κ2) is 6.96. The van der Waals surface area contributed by atoms with E-state index in [9.17, 15) is 8.78 Å². The molecule has 0 amide bonds. The zero-order valence-corrected chi connectivity index (χ0v) is 10.9. The van der Waals surface area contributed by atoms with Crippen LogP contribution in [0.15, 0.2) is 12.3 Å². The van der Waals surface area contributed by atoms with Crippen LogP contribution in [0.1, 0.15) is 43.8 Å². The number of nitrogens with zero attached hydrogens (tertiary/aromatic N) is 2. The number of alkyl halides is 2. The van der Waals surface area contributed by atoms with Crippen molar-refractivity contribution in [3.05, 3.63) is 18.0 Å². The summed E-state index contributed by atoms with van der Waals surface area (Å²) >= 11 is 0. The summed E-state index contributed by atoms with van der Waals surface area (Å²) < 4.78 is 26.2. The van der Waals surface area contributed by atoms with Crippen molar-refractivity contribution in [2.45, 2.75) is 57.2 Å². The Hall–Kier alpha value is -1.01. The molecule has 1 aromatic heterocycles. The van der Waals surface area contributed by atoms with Crippen LogP contribution in [0.2, 0.25) is 0 Å². The van der Waals surface area contributed by atoms with E-state index in [-0.39, 0.29) is 6.54 Å². The van der Waals surface area contributed by atoms with Crippen LogP contribution in [0, 0.1) is 0 Å². The van der Waals surface area contributed by atoms with Gasteiger partial charge in [-0.05, 0) is 18.9 Å². The van der Waals surface area contributed by atoms with Crippen LogP contribution >= 0.6 is 0 Å². The van der Waals surface area contributed by atoms with E-state index in [1.165, 1.54) is 32.1 Å². The first-order valence-electron chi connectivity index (χ1n) is 6.88. The van der Waals surface area contributed by atoms with E-state index in [4.69, 9.17) is 5.11 Å². The molecule has 1 atom stereocenters. The second-order valence-electron chi connectivity index (χ2n) is 5.11. The molecule has 4 nitrogen and oxygen atoms in total. The quantitative estimate of drug-likeness (QED) is 0.834. The van der Waals surface area contributed by atoms with Crippen molar-refractivity contribution in [3.63, 3.8) is 0 Å². The number of halogens is 2. The number of aliphatic hydroxyl groups is 1. The second-order valence-corrected chi connectivity index (χ2v) is 5.11. The molecule has 1 aliphatic rings. The van der Waals surface area contributed by atoms with Crippen molar-refractivity contribution < 1.29 is 13.9 Å². The number of nitrogens with one attached hydrogen (secondary N) is 1. The molecule has 1 fully saturated rings. The van der Waals surface area contributed by atoms with Crippen LogP contribution in [-0.4, -0.2) is 34.0 Å². The van der Waals surface area contributed by atoms with E-state index in [0.29, 0.717) is 12.6 Å². The lowest BCUT2D eigenvalue weighted by Gasteiger charge is -2.21. The molecule has 6 heteroatoms. The molecule has 1 aliphatic carbocycles. The maximum absolute atomic E-state index is 12.1. The third-order valence-corrected chi connectivity index (χ3v) is 3.56. The van der Waals surface area contributed by atoms with E-state index < -0.39 is 12.5 Å². The first-order valence-corrected chi connectivity index (χ1v) is 6.88. The minimum atomic E-state index is -2.70. The summed E-state index contributed by atoms with van der Waals surface area (Å²) in [5, 5.41) is 16.2. The van der Waals surface area contributed by atoms with Gasteiger partial charge in [-0.15, -0.1) is 0 Å². The molecule has 1 heterocycles. The van der Waals surface area contributed by atoms with Gasteiger partial charge in [0.15, 0.2) is 0 Å². The van der Waals surface area contributed by atoms with Crippen molar-refractivity contribution in [2.75, 3.05) is 6.54 Å². The molecule has 19 heavy (non-hydrogen) atoms. The van der Waals surface area contributed by atoms with E-state index in [2.05, 4.69) is 10.4 Å². The van der Waals surface area contributed by atoms with E-state index in [1.54, 1.807) is 0 Å². The van der Waals surface area contributed by atoms with Crippen molar-refractivity contribution in [2.24, 2.45) is 0 Å². The highest BCUT2D eigenvalue weighted by molar-refractivity contribution is 4.99. The minimum Gasteiger partial charge on any atom is -0.386 e. The van der Waals surface area contributed by atoms with Gasteiger partial charge < -0.3 is 10.4 Å². The fourth-order valence-corrected chi connectivity index (χ4v) is 2.46. The van der Waals surface area contributed by atoms with Gasteiger partial charge in [-0.25, -0.2) is 8.78 Å². The zero-order chi connectivity index (χ0) is 13.7. The van der Waals surface area contributed by atoms with Crippen LogP contribution < -0.4 is 5.32 Å². The number of aromatic nitrogens is 2. The van der Waals surface area contributed by atoms with Crippen LogP contribution in [0.3, 0.4) is 0 Å². The Balaban J connectivity index is 1.77. The van der Waals surface area contributed by atoms with Gasteiger partial charge >= 0.3 is 0 Å². The number of rotatable bonds is 6. The summed E-state index contributed by atoms with van der Waals surface area (Å²) in [5.41, 5.74) is 0.826. The molecule has 2 N–H and O–H groups in total. The Morgan fingerprint density at radius 3 is 2.79 bits per heavy atom. The van der Waals surface area contributed by atoms with Crippen molar-refractivity contribution in [3.8, 4) is 0 Å². The molecular weight excluding hydrogens is 252 g/mol. The van der Waals surface area contributed by atoms with Crippen LogP contribution in [-0.2, 0) is 6.54 Å². The Bertz CT molecular complexity index is 378. The average Bonchev–Trinajstić information content (AvgIpc) is 2.88. The Kier molecular flexibility index (Phi) is 5.27. The number of hydrogen-bond donors (Lipinski definition) is 2. The van der Waals surface area contributed by atoms with Gasteiger partial charge in [0, 0.05) is 19.3 Å². The van der Waals surface area contributed by atoms with Gasteiger partial charge in [-0.2, -0.15) is 5.10 Å². The molecule has 0 spiro atoms. The monoisotopic (exact) mass is 273 g/mol. The topological polar surface area (TPSA) is 50.1 Å². The van der Waals surface area contributed by atoms with E-state index in [1.807, 2.05) is 16.9 Å². The summed E-state index contributed by atoms with van der Waals surface area (Å²) in [4.78, 5) is 0. The highest BCUT2D eigenvalue weighted by Gasteiger charge is 2.17. The fraction of sp³-hybridized carbons (Fsp3) is 0.769. The summed E-state index contributed by atoms with van der Waals surface area (Å²) in [5.74, 6) is 0. The molecule has 0 bridgehead atoms. The lowest BCUT2D eigenvalue weighted by Crippen LogP contribution is -2.31. The van der Waals surface area contributed by atoms with Gasteiger partial charge in [0.1, 0.15) is 6.10 Å². The van der Waals surface area contributed by atoms with Gasteiger partial charge in [-0.3, -0.25) is 4.68 Å². The molecule has 1 saturated carbocycles. The minimum absolute atomic E-state index is 0.117. The number of aliphatic hydroxyl groups excluding tert-OH is 1. The van der Waals surface area contributed by atoms with Crippen LogP contribution in [0.5, 0.6) is 0 Å². The van der Waals surface area contributed by atoms with Crippen molar-refractivity contribution >= 4 is 0 Å². The smallest absolute Gasteiger partial charge is 0.265 e. The molecule has 0 aliphatic heterocycles. The van der Waals surface area contributed by atoms with E-state index in [0.717, 1.165) is 5.69 Å². The third kappa shape index (κ3) is 4.24. The normalized spacial score (nSPS) is 18.9. The summed E-state index contributed by atoms with van der Waals surface area (Å²) in [7, 11) is 0. The summed E-state index contributed by atoms with van der Waals surface area (Å²) in [6.45, 7) is 0.289. The third-order valence-electron chi connectivity index (χ3n) is 3.56. The van der Waals surface area contributed by atoms with Gasteiger partial charge in [0.2, 0.25) is 0 Å². The van der Waals surface area contributed by atoms with Crippen molar-refractivity contribution in [1.82, 2.24) is 15.1 Å². The molecule has 0 aromatic carbocycles. The van der Waals surface area contributed by atoms with Crippen LogP contribution in [0.4, 0.5) is 8.78 Å². The van der Waals surface area contributed by atoms with Gasteiger partial charge in [-0.1, -0.05) is 19.3 Å². The van der Waals surface area contributed by atoms with E-state index >= 15 is 0 Å². The predicted molar refractivity (Wildman–Crippen MR) is 68.1 cm³/mol. The average molecular weight is 273 g/mol. The molecule has 1 unspecified atom stereocenters. The SMILES string of the molecule is OC(CNCc1ccn(C2CCCCC2)n1)C(F)F. The Labute approximate surface area is 111 Å². The molecule has 108 valence electrons. The maximum atomic E-state index is 12.1. The first kappa shape index (κ1) is 14.4. The predicted octanol–water partition coefficient (Wildman–Crippen LogP) is 2.10. The largest absolute Gasteiger partial charge is 0.386 e. The summed E-state index contributed by atoms with van der Waals surface area (Å²) in [6.07, 6.45) is 3.77. The maximum Gasteiger partial charge on any atom is 0.265 e. The highest BCUT2D eigenvalue weighted by atomic mass is 19.3. The Morgan fingerprint density at radius 2 is 2.11 bits per heavy atom. The molecule has 0 saturated heterocycles. The zero-order valence-electron chi connectivity index (χ0n) is 10.9. The Morgan fingerprint density at radius 1 is 1.37 bits per heavy atom. The lowest BCUT2D eigenvalue weighted by atomic mass is 9.96. The van der Waals surface area contributed by atoms with Gasteiger partial charge in [0.25, 0.3) is 6.43 Å². The molecule has 0 radical (unpaired) electrons. The summed E-state index contributed by atoms with van der Waals surface area (Å²) in [6, 6.07) is 2.38. The van der Waals surface area contributed by atoms with Crippen LogP contribution in [0.25, 0.3) is 0 Å². The van der Waals surface area contributed by atoms with Crippen molar-refractivity contribution in [1.29, 1.82) is 0 Å². The number of hydrogen-bond acceptors (Lipinski definition) is 3. The molecule has 1 aromatic rings. The highest BCUT2D eigenvalue weighted by Crippen LogP contribution is 2.27. The fourth-order valence-electron chi connectivity index (χ4n) is 2.46. The van der Waals surface area contributed by atoms with Gasteiger partial charge in [0.05, 0.1) is 11.7 Å². The first-order chi connectivity index (χ1) is 9.16. The molecular formula is C13H21F2N3O. The standard InChI is InChI=1S/C13H21F2N3O/c14-13(15)12(19)9-16-8-10-6-7-18(17-10)11-4-2-1-3-5-11/h6-7,11-13,16,19H,1-5,8-9H2. The lowest BCUT2D eigenvalue weighted by molar-refractivity contribution is -0.00345. The molecule has 2 rings (SSSR count).